The van der Waals surface area contributed by atoms with Crippen molar-refractivity contribution in [2.75, 3.05) is 12.9 Å². The highest BCUT2D eigenvalue weighted by Crippen LogP contribution is 2.43. The van der Waals surface area contributed by atoms with Gasteiger partial charge in [0.15, 0.2) is 6.23 Å². The number of carbonyl (C=O) groups is 1. The van der Waals surface area contributed by atoms with Crippen molar-refractivity contribution < 1.29 is 14.3 Å². The highest BCUT2D eigenvalue weighted by molar-refractivity contribution is 8.00. The van der Waals surface area contributed by atoms with Crippen molar-refractivity contribution in [1.29, 1.82) is 0 Å². The molecule has 1 saturated carbocycles. The van der Waals surface area contributed by atoms with Gasteiger partial charge in [-0.2, -0.15) is 0 Å². The first kappa shape index (κ1) is 12.0. The minimum absolute atomic E-state index is 0.144. The fourth-order valence-electron chi connectivity index (χ4n) is 2.36. The van der Waals surface area contributed by atoms with Gasteiger partial charge in [-0.05, 0) is 31.6 Å². The minimum atomic E-state index is -0.598. The lowest BCUT2D eigenvalue weighted by Gasteiger charge is -2.35. The molecule has 1 unspecified atom stereocenters. The Balaban J connectivity index is 1.85. The summed E-state index contributed by atoms with van der Waals surface area (Å²) in [5, 5.41) is 3.43. The maximum Gasteiger partial charge on any atom is 0.509 e. The highest BCUT2D eigenvalue weighted by atomic mass is 32.2. The van der Waals surface area contributed by atoms with Crippen molar-refractivity contribution >= 4 is 17.9 Å². The van der Waals surface area contributed by atoms with Crippen molar-refractivity contribution in [1.82, 2.24) is 5.32 Å². The molecule has 0 amide bonds. The molecule has 1 spiro atoms. The topological polar surface area (TPSA) is 47.6 Å². The van der Waals surface area contributed by atoms with Gasteiger partial charge >= 0.3 is 6.16 Å². The maximum atomic E-state index is 11.0. The molecule has 0 aromatic rings. The summed E-state index contributed by atoms with van der Waals surface area (Å²) in [6.45, 7) is 2.30. The van der Waals surface area contributed by atoms with E-state index in [9.17, 15) is 4.79 Å². The Kier molecular flexibility index (Phi) is 3.64. The van der Waals surface area contributed by atoms with E-state index in [1.165, 1.54) is 32.8 Å². The predicted molar refractivity (Wildman–Crippen MR) is 63.2 cm³/mol. The molecule has 1 aliphatic carbocycles. The molecule has 2 rings (SSSR count). The molecule has 0 radical (unpaired) electrons. The van der Waals surface area contributed by atoms with Gasteiger partial charge in [0.05, 0.1) is 12.0 Å². The second-order valence-corrected chi connectivity index (χ2v) is 6.10. The molecule has 0 bridgehead atoms. The minimum Gasteiger partial charge on any atom is -0.438 e. The van der Waals surface area contributed by atoms with E-state index in [-0.39, 0.29) is 11.1 Å². The zero-order chi connectivity index (χ0) is 11.6. The molecule has 4 nitrogen and oxygen atoms in total. The molecule has 0 aromatic heterocycles. The fourth-order valence-corrected chi connectivity index (χ4v) is 3.72. The van der Waals surface area contributed by atoms with Crippen LogP contribution in [0.3, 0.4) is 0 Å². The van der Waals surface area contributed by atoms with Crippen LogP contribution in [0.1, 0.15) is 32.6 Å². The molecule has 2 aliphatic rings. The molecule has 1 N–H and O–H groups in total. The molecule has 92 valence electrons. The molecule has 1 atom stereocenters. The Labute approximate surface area is 100 Å². The Morgan fingerprint density at radius 2 is 2.12 bits per heavy atom. The number of hydrogen-bond acceptors (Lipinski definition) is 5. The molecule has 5 heteroatoms. The van der Waals surface area contributed by atoms with Gasteiger partial charge in [0.25, 0.3) is 0 Å². The van der Waals surface area contributed by atoms with Gasteiger partial charge in [-0.1, -0.05) is 6.92 Å². The second kappa shape index (κ2) is 4.84. The summed E-state index contributed by atoms with van der Waals surface area (Å²) < 4.78 is 9.62. The molecule has 2 fully saturated rings. The lowest BCUT2D eigenvalue weighted by atomic mass is 9.87. The SMILES string of the molecule is COC(=O)OC1CSC2(CCC(C)CC2)N1. The number of thioether (sulfide) groups is 1. The average Bonchev–Trinajstić information content (AvgIpc) is 2.66. The van der Waals surface area contributed by atoms with E-state index in [0.29, 0.717) is 0 Å². The Hall–Kier alpha value is -0.420. The number of carbonyl (C=O) groups excluding carboxylic acids is 1. The van der Waals surface area contributed by atoms with E-state index < -0.39 is 6.16 Å². The van der Waals surface area contributed by atoms with Crippen LogP contribution in [0.25, 0.3) is 0 Å². The van der Waals surface area contributed by atoms with Crippen molar-refractivity contribution in [2.45, 2.75) is 43.7 Å². The number of nitrogens with one attached hydrogen (secondary N) is 1. The van der Waals surface area contributed by atoms with Crippen LogP contribution in [0, 0.1) is 5.92 Å². The van der Waals surface area contributed by atoms with Gasteiger partial charge < -0.3 is 9.47 Å². The third-order valence-corrected chi connectivity index (χ3v) is 4.97. The van der Waals surface area contributed by atoms with E-state index >= 15 is 0 Å². The summed E-state index contributed by atoms with van der Waals surface area (Å²) in [5.74, 6) is 1.65. The summed E-state index contributed by atoms with van der Waals surface area (Å²) in [4.78, 5) is 11.1. The largest absolute Gasteiger partial charge is 0.509 e. The predicted octanol–water partition coefficient (Wildman–Crippen LogP) is 2.34. The molecular weight excluding hydrogens is 226 g/mol. The highest BCUT2D eigenvalue weighted by Gasteiger charge is 2.42. The Morgan fingerprint density at radius 1 is 1.44 bits per heavy atom. The van der Waals surface area contributed by atoms with Crippen LogP contribution in [0.15, 0.2) is 0 Å². The van der Waals surface area contributed by atoms with Crippen molar-refractivity contribution in [3.05, 3.63) is 0 Å². The molecule has 0 aromatic carbocycles. The summed E-state index contributed by atoms with van der Waals surface area (Å²) in [5.41, 5.74) is 0. The summed E-state index contributed by atoms with van der Waals surface area (Å²) >= 11 is 1.88. The summed E-state index contributed by atoms with van der Waals surface area (Å²) in [6, 6.07) is 0. The number of rotatable bonds is 1. The molecule has 1 heterocycles. The smallest absolute Gasteiger partial charge is 0.438 e. The summed E-state index contributed by atoms with van der Waals surface area (Å²) in [7, 11) is 1.34. The van der Waals surface area contributed by atoms with Crippen molar-refractivity contribution in [3.63, 3.8) is 0 Å². The zero-order valence-electron chi connectivity index (χ0n) is 9.82. The first-order chi connectivity index (χ1) is 7.63. The maximum absolute atomic E-state index is 11.0. The zero-order valence-corrected chi connectivity index (χ0v) is 10.6. The number of hydrogen-bond donors (Lipinski definition) is 1. The lowest BCUT2D eigenvalue weighted by molar-refractivity contribution is 0.0277. The van der Waals surface area contributed by atoms with Crippen LogP contribution in [0.2, 0.25) is 0 Å². The van der Waals surface area contributed by atoms with E-state index in [1.54, 1.807) is 0 Å². The molecule has 1 aliphatic heterocycles. The van der Waals surface area contributed by atoms with Crippen molar-refractivity contribution in [2.24, 2.45) is 5.92 Å². The third kappa shape index (κ3) is 2.63. The monoisotopic (exact) mass is 245 g/mol. The summed E-state index contributed by atoms with van der Waals surface area (Å²) in [6.07, 6.45) is 4.06. The van der Waals surface area contributed by atoms with Gasteiger partial charge in [0, 0.05) is 5.75 Å². The first-order valence-corrected chi connectivity index (χ1v) is 6.78. The normalized spacial score (nSPS) is 38.6. The first-order valence-electron chi connectivity index (χ1n) is 5.80. The Bertz CT molecular complexity index is 264. The van der Waals surface area contributed by atoms with Gasteiger partial charge in [-0.25, -0.2) is 4.79 Å². The fraction of sp³-hybridized carbons (Fsp3) is 0.909. The van der Waals surface area contributed by atoms with E-state index in [2.05, 4.69) is 17.0 Å². The molecule has 1 saturated heterocycles. The van der Waals surface area contributed by atoms with Crippen LogP contribution in [0.5, 0.6) is 0 Å². The van der Waals surface area contributed by atoms with Gasteiger partial charge in [-0.15, -0.1) is 11.8 Å². The standard InChI is InChI=1S/C11H19NO3S/c1-8-3-5-11(6-4-8)12-9(7-16-11)15-10(13)14-2/h8-9,12H,3-7H2,1-2H3. The van der Waals surface area contributed by atoms with Crippen LogP contribution < -0.4 is 5.32 Å². The van der Waals surface area contributed by atoms with Crippen LogP contribution >= 0.6 is 11.8 Å². The second-order valence-electron chi connectivity index (χ2n) is 4.69. The quantitative estimate of drug-likeness (QED) is 0.718. The number of methoxy groups -OCH3 is 1. The molecule has 16 heavy (non-hydrogen) atoms. The van der Waals surface area contributed by atoms with Gasteiger partial charge in [-0.3, -0.25) is 5.32 Å². The van der Waals surface area contributed by atoms with Crippen LogP contribution in [-0.4, -0.2) is 30.1 Å². The van der Waals surface area contributed by atoms with E-state index in [1.807, 2.05) is 11.8 Å². The van der Waals surface area contributed by atoms with E-state index in [0.717, 1.165) is 11.7 Å². The average molecular weight is 245 g/mol. The van der Waals surface area contributed by atoms with Crippen LogP contribution in [0.4, 0.5) is 4.79 Å². The van der Waals surface area contributed by atoms with E-state index in [4.69, 9.17) is 4.74 Å². The Morgan fingerprint density at radius 3 is 2.75 bits per heavy atom. The number of ether oxygens (including phenoxy) is 2. The molecular formula is C11H19NO3S. The van der Waals surface area contributed by atoms with Crippen molar-refractivity contribution in [3.8, 4) is 0 Å². The van der Waals surface area contributed by atoms with Gasteiger partial charge in [0.1, 0.15) is 0 Å². The lowest BCUT2D eigenvalue weighted by Crippen LogP contribution is -2.45. The third-order valence-electron chi connectivity index (χ3n) is 3.42. The van der Waals surface area contributed by atoms with Gasteiger partial charge in [0.2, 0.25) is 0 Å². The van der Waals surface area contributed by atoms with Crippen LogP contribution in [-0.2, 0) is 9.47 Å².